The Balaban J connectivity index is 2.36. The van der Waals surface area contributed by atoms with Crippen molar-refractivity contribution < 1.29 is 14.1 Å². The van der Waals surface area contributed by atoms with Gasteiger partial charge in [0.2, 0.25) is 0 Å². The topological polar surface area (TPSA) is 55.6 Å². The minimum absolute atomic E-state index is 0.277. The first kappa shape index (κ1) is 13.8. The molecule has 0 aromatic heterocycles. The molecule has 0 heterocycles. The number of rotatable bonds is 4. The summed E-state index contributed by atoms with van der Waals surface area (Å²) < 4.78 is 18.5. The number of hydrogen-bond donors (Lipinski definition) is 0. The molecule has 2 rings (SSSR count). The zero-order valence-electron chi connectivity index (χ0n) is 11.0. The number of nitrogens with zero attached hydrogens (tertiary/aromatic N) is 2. The van der Waals surface area contributed by atoms with Gasteiger partial charge in [-0.1, -0.05) is 0 Å². The summed E-state index contributed by atoms with van der Waals surface area (Å²) in [6, 6.07) is 10.6. The number of anilines is 2. The van der Waals surface area contributed by atoms with E-state index in [0.29, 0.717) is 11.4 Å². The van der Waals surface area contributed by atoms with Crippen LogP contribution >= 0.6 is 0 Å². The van der Waals surface area contributed by atoms with Crippen molar-refractivity contribution in [2.75, 3.05) is 19.1 Å². The number of benzene rings is 2. The lowest BCUT2D eigenvalue weighted by atomic mass is 10.2. The molecule has 2 aromatic carbocycles. The Bertz CT molecular complexity index is 629. The summed E-state index contributed by atoms with van der Waals surface area (Å²) in [5, 5.41) is 10.8. The predicted molar refractivity (Wildman–Crippen MR) is 74.1 cm³/mol. The summed E-state index contributed by atoms with van der Waals surface area (Å²) in [5.41, 5.74) is 0.896. The van der Waals surface area contributed by atoms with Gasteiger partial charge in [-0.15, -0.1) is 0 Å². The molecule has 0 unspecified atom stereocenters. The fourth-order valence-electron chi connectivity index (χ4n) is 1.81. The van der Waals surface area contributed by atoms with Gasteiger partial charge in [0.05, 0.1) is 23.8 Å². The van der Waals surface area contributed by atoms with E-state index < -0.39 is 10.7 Å². The molecular weight excluding hydrogens is 263 g/mol. The lowest BCUT2D eigenvalue weighted by molar-refractivity contribution is -0.385. The van der Waals surface area contributed by atoms with Crippen LogP contribution in [-0.2, 0) is 0 Å². The number of nitro benzene ring substituents is 1. The lowest BCUT2D eigenvalue weighted by Gasteiger charge is -2.19. The van der Waals surface area contributed by atoms with E-state index in [4.69, 9.17) is 4.74 Å². The Labute approximate surface area is 115 Å². The molecule has 5 nitrogen and oxygen atoms in total. The maximum Gasteiger partial charge on any atom is 0.274 e. The third-order valence-electron chi connectivity index (χ3n) is 2.93. The van der Waals surface area contributed by atoms with Crippen LogP contribution < -0.4 is 9.64 Å². The summed E-state index contributed by atoms with van der Waals surface area (Å²) in [6.45, 7) is 0. The van der Waals surface area contributed by atoms with Crippen molar-refractivity contribution in [3.63, 3.8) is 0 Å². The fourth-order valence-corrected chi connectivity index (χ4v) is 1.81. The summed E-state index contributed by atoms with van der Waals surface area (Å²) in [4.78, 5) is 11.8. The van der Waals surface area contributed by atoms with E-state index in [0.717, 1.165) is 11.8 Å². The summed E-state index contributed by atoms with van der Waals surface area (Å²) in [6.07, 6.45) is 0. The van der Waals surface area contributed by atoms with Crippen LogP contribution in [0.15, 0.2) is 42.5 Å². The lowest BCUT2D eigenvalue weighted by Crippen LogP contribution is -2.10. The summed E-state index contributed by atoms with van der Waals surface area (Å²) in [7, 11) is 3.27. The van der Waals surface area contributed by atoms with E-state index in [-0.39, 0.29) is 5.69 Å². The SMILES string of the molecule is COc1ccc(N(C)c2cc(F)cc([N+](=O)[O-])c2)cc1. The number of hydrogen-bond acceptors (Lipinski definition) is 4. The van der Waals surface area contributed by atoms with E-state index in [1.165, 1.54) is 12.1 Å². The van der Waals surface area contributed by atoms with Crippen LogP contribution in [0.1, 0.15) is 0 Å². The maximum atomic E-state index is 13.4. The largest absolute Gasteiger partial charge is 0.497 e. The quantitative estimate of drug-likeness (QED) is 0.633. The monoisotopic (exact) mass is 276 g/mol. The van der Waals surface area contributed by atoms with E-state index in [1.807, 2.05) is 0 Å². The first-order valence-electron chi connectivity index (χ1n) is 5.84. The van der Waals surface area contributed by atoms with Crippen molar-refractivity contribution in [2.45, 2.75) is 0 Å². The highest BCUT2D eigenvalue weighted by Gasteiger charge is 2.13. The first-order valence-corrected chi connectivity index (χ1v) is 5.84. The molecule has 0 fully saturated rings. The third-order valence-corrected chi connectivity index (χ3v) is 2.93. The second-order valence-electron chi connectivity index (χ2n) is 4.18. The highest BCUT2D eigenvalue weighted by Crippen LogP contribution is 2.29. The van der Waals surface area contributed by atoms with Crippen molar-refractivity contribution >= 4 is 17.1 Å². The van der Waals surface area contributed by atoms with Gasteiger partial charge in [0.25, 0.3) is 5.69 Å². The number of methoxy groups -OCH3 is 1. The Morgan fingerprint density at radius 1 is 1.15 bits per heavy atom. The minimum atomic E-state index is -0.644. The van der Waals surface area contributed by atoms with E-state index in [9.17, 15) is 14.5 Å². The van der Waals surface area contributed by atoms with Crippen LogP contribution in [0.4, 0.5) is 21.5 Å². The Hall–Kier alpha value is -2.63. The van der Waals surface area contributed by atoms with Gasteiger partial charge in [-0.25, -0.2) is 4.39 Å². The molecule has 0 aliphatic heterocycles. The summed E-state index contributed by atoms with van der Waals surface area (Å²) >= 11 is 0. The molecule has 0 saturated carbocycles. The highest BCUT2D eigenvalue weighted by molar-refractivity contribution is 5.65. The highest BCUT2D eigenvalue weighted by atomic mass is 19.1. The van der Waals surface area contributed by atoms with Gasteiger partial charge < -0.3 is 9.64 Å². The number of nitro groups is 1. The third kappa shape index (κ3) is 2.85. The average molecular weight is 276 g/mol. The first-order chi connectivity index (χ1) is 9.51. The number of non-ortho nitro benzene ring substituents is 1. The van der Waals surface area contributed by atoms with Crippen molar-refractivity contribution in [1.29, 1.82) is 0 Å². The van der Waals surface area contributed by atoms with Crippen LogP contribution in [0.2, 0.25) is 0 Å². The smallest absolute Gasteiger partial charge is 0.274 e. The molecule has 2 aromatic rings. The van der Waals surface area contributed by atoms with E-state index in [1.54, 1.807) is 43.3 Å². The molecule has 0 atom stereocenters. The molecule has 6 heteroatoms. The molecule has 0 N–H and O–H groups in total. The Kier molecular flexibility index (Phi) is 3.84. The van der Waals surface area contributed by atoms with Gasteiger partial charge in [0, 0.05) is 18.8 Å². The van der Waals surface area contributed by atoms with Crippen LogP contribution in [-0.4, -0.2) is 19.1 Å². The Morgan fingerprint density at radius 3 is 2.35 bits per heavy atom. The Morgan fingerprint density at radius 2 is 1.80 bits per heavy atom. The van der Waals surface area contributed by atoms with Gasteiger partial charge in [-0.05, 0) is 30.3 Å². The fraction of sp³-hybridized carbons (Fsp3) is 0.143. The van der Waals surface area contributed by atoms with Gasteiger partial charge >= 0.3 is 0 Å². The minimum Gasteiger partial charge on any atom is -0.497 e. The molecular formula is C14H13FN2O3. The molecule has 20 heavy (non-hydrogen) atoms. The maximum absolute atomic E-state index is 13.4. The van der Waals surface area contributed by atoms with Gasteiger partial charge in [0.15, 0.2) is 0 Å². The zero-order valence-corrected chi connectivity index (χ0v) is 11.0. The predicted octanol–water partition coefficient (Wildman–Crippen LogP) is 3.51. The molecule has 0 radical (unpaired) electrons. The number of halogens is 1. The van der Waals surface area contributed by atoms with Crippen molar-refractivity contribution in [3.8, 4) is 5.75 Å². The van der Waals surface area contributed by atoms with Crippen LogP contribution in [0.3, 0.4) is 0 Å². The van der Waals surface area contributed by atoms with Gasteiger partial charge in [-0.3, -0.25) is 10.1 Å². The zero-order chi connectivity index (χ0) is 14.7. The molecule has 0 saturated heterocycles. The van der Waals surface area contributed by atoms with Crippen molar-refractivity contribution in [1.82, 2.24) is 0 Å². The second-order valence-corrected chi connectivity index (χ2v) is 4.18. The molecule has 0 spiro atoms. The van der Waals surface area contributed by atoms with Crippen molar-refractivity contribution in [3.05, 3.63) is 58.4 Å². The number of ether oxygens (including phenoxy) is 1. The molecule has 0 aliphatic rings. The molecule has 0 aliphatic carbocycles. The van der Waals surface area contributed by atoms with Gasteiger partial charge in [-0.2, -0.15) is 0 Å². The standard InChI is InChI=1S/C14H13FN2O3/c1-16(11-3-5-14(20-2)6-4-11)12-7-10(15)8-13(9-12)17(18)19/h3-9H,1-2H3. The molecule has 0 bridgehead atoms. The summed E-state index contributed by atoms with van der Waals surface area (Å²) in [5.74, 6) is 0.0573. The van der Waals surface area contributed by atoms with Crippen molar-refractivity contribution in [2.24, 2.45) is 0 Å². The average Bonchev–Trinajstić information content (AvgIpc) is 2.46. The van der Waals surface area contributed by atoms with Crippen LogP contribution in [0.5, 0.6) is 5.75 Å². The van der Waals surface area contributed by atoms with E-state index >= 15 is 0 Å². The molecule has 104 valence electrons. The van der Waals surface area contributed by atoms with Gasteiger partial charge in [0.1, 0.15) is 11.6 Å². The second kappa shape index (κ2) is 5.56. The van der Waals surface area contributed by atoms with Crippen LogP contribution in [0, 0.1) is 15.9 Å². The normalized spacial score (nSPS) is 10.2. The van der Waals surface area contributed by atoms with E-state index in [2.05, 4.69) is 0 Å². The van der Waals surface area contributed by atoms with Crippen LogP contribution in [0.25, 0.3) is 0 Å². The molecule has 0 amide bonds.